The average molecular weight is 492 g/mol. The zero-order valence-corrected chi connectivity index (χ0v) is 21.1. The van der Waals surface area contributed by atoms with Gasteiger partial charge in [0.15, 0.2) is 6.10 Å². The van der Waals surface area contributed by atoms with E-state index in [1.807, 2.05) is 30.3 Å². The topological polar surface area (TPSA) is 77.6 Å². The summed E-state index contributed by atoms with van der Waals surface area (Å²) in [5.41, 5.74) is 3.47. The van der Waals surface area contributed by atoms with Crippen LogP contribution < -0.4 is 24.6 Å². The third-order valence-corrected chi connectivity index (χ3v) is 7.01. The summed E-state index contributed by atoms with van der Waals surface area (Å²) in [5, 5.41) is 2.98. The van der Waals surface area contributed by atoms with Gasteiger partial charge in [0.25, 0.3) is 5.91 Å². The van der Waals surface area contributed by atoms with E-state index in [9.17, 15) is 9.59 Å². The lowest BCUT2D eigenvalue weighted by atomic mass is 9.99. The summed E-state index contributed by atoms with van der Waals surface area (Å²) in [4.78, 5) is 33.4. The van der Waals surface area contributed by atoms with Gasteiger partial charge in [-0.3, -0.25) is 9.69 Å². The van der Waals surface area contributed by atoms with Crippen molar-refractivity contribution in [2.75, 3.05) is 69.0 Å². The number of nitrogens with one attached hydrogen (secondary N) is 1. The number of ether oxygens (including phenoxy) is 2. The molecule has 1 unspecified atom stereocenters. The Morgan fingerprint density at radius 3 is 2.56 bits per heavy atom. The first-order chi connectivity index (χ1) is 17.4. The van der Waals surface area contributed by atoms with Gasteiger partial charge < -0.3 is 29.5 Å². The molecule has 0 radical (unpaired) electrons. The lowest BCUT2D eigenvalue weighted by Gasteiger charge is -2.37. The minimum Gasteiger partial charge on any atom is -0.497 e. The lowest BCUT2D eigenvalue weighted by Crippen LogP contribution is -2.45. The Morgan fingerprint density at radius 2 is 1.83 bits per heavy atom. The van der Waals surface area contributed by atoms with Gasteiger partial charge in [0, 0.05) is 63.3 Å². The summed E-state index contributed by atoms with van der Waals surface area (Å²) in [6.45, 7) is 4.33. The molecule has 3 aliphatic rings. The number of anilines is 3. The number of hydrogen-bond donors (Lipinski definition) is 1. The molecule has 3 heterocycles. The molecule has 0 bridgehead atoms. The maximum absolute atomic E-state index is 13.1. The van der Waals surface area contributed by atoms with E-state index in [-0.39, 0.29) is 11.9 Å². The fourth-order valence-corrected chi connectivity index (χ4v) is 4.80. The molecular weight excluding hydrogens is 458 g/mol. The standard InChI is InChI=1S/C27H33N5O4/c1-29-13-15-31(16-14-29)23-18-22(35-3)17-19-5-10-24(36-25(19)23)26(33)28-20-6-8-21(9-7-20)32-12-4-11-30(2)27(32)34/h4,6-9,12,17-18,24H,5,10-11,13-16H2,1-3H3,(H,28,33). The summed E-state index contributed by atoms with van der Waals surface area (Å²) >= 11 is 0. The molecular formula is C27H33N5O4. The van der Waals surface area contributed by atoms with Gasteiger partial charge in [0.05, 0.1) is 18.5 Å². The van der Waals surface area contributed by atoms with Crippen molar-refractivity contribution in [3.63, 3.8) is 0 Å². The highest BCUT2D eigenvalue weighted by Crippen LogP contribution is 2.41. The van der Waals surface area contributed by atoms with Gasteiger partial charge in [0.2, 0.25) is 0 Å². The minimum absolute atomic E-state index is 0.0867. The van der Waals surface area contributed by atoms with Gasteiger partial charge in [-0.15, -0.1) is 0 Å². The Bertz CT molecular complexity index is 1160. The normalized spacial score (nSPS) is 20.1. The monoisotopic (exact) mass is 491 g/mol. The lowest BCUT2D eigenvalue weighted by molar-refractivity contribution is -0.123. The summed E-state index contributed by atoms with van der Waals surface area (Å²) < 4.78 is 11.9. The molecule has 1 N–H and O–H groups in total. The Balaban J connectivity index is 1.29. The van der Waals surface area contributed by atoms with E-state index >= 15 is 0 Å². The van der Waals surface area contributed by atoms with Gasteiger partial charge in [0.1, 0.15) is 11.5 Å². The molecule has 1 fully saturated rings. The number of nitrogens with zero attached hydrogens (tertiary/aromatic N) is 4. The first-order valence-corrected chi connectivity index (χ1v) is 12.4. The molecule has 0 aromatic heterocycles. The van der Waals surface area contributed by atoms with Crippen LogP contribution in [-0.4, -0.2) is 81.8 Å². The van der Waals surface area contributed by atoms with Crippen molar-refractivity contribution in [2.24, 2.45) is 0 Å². The number of hydrogen-bond acceptors (Lipinski definition) is 6. The van der Waals surface area contributed by atoms with Gasteiger partial charge in [-0.25, -0.2) is 4.79 Å². The highest BCUT2D eigenvalue weighted by atomic mass is 16.5. The molecule has 0 aliphatic carbocycles. The second kappa shape index (κ2) is 10.1. The number of piperazine rings is 1. The Hall–Kier alpha value is -3.72. The molecule has 2 aromatic carbocycles. The van der Waals surface area contributed by atoms with Crippen LogP contribution in [0.3, 0.4) is 0 Å². The Labute approximate surface area is 211 Å². The van der Waals surface area contributed by atoms with Crippen LogP contribution in [0, 0.1) is 0 Å². The summed E-state index contributed by atoms with van der Waals surface area (Å²) in [6, 6.07) is 11.2. The SMILES string of the molecule is COc1cc2c(c(N3CCN(C)CC3)c1)OC(C(=O)Nc1ccc(N3C=CCN(C)C3=O)cc1)CC2. The third-order valence-electron chi connectivity index (χ3n) is 7.01. The molecule has 190 valence electrons. The molecule has 5 rings (SSSR count). The van der Waals surface area contributed by atoms with Crippen LogP contribution in [0.5, 0.6) is 11.5 Å². The number of urea groups is 1. The first kappa shape index (κ1) is 24.0. The molecule has 1 saturated heterocycles. The predicted molar refractivity (Wildman–Crippen MR) is 140 cm³/mol. The van der Waals surface area contributed by atoms with E-state index in [0.717, 1.165) is 61.0 Å². The van der Waals surface area contributed by atoms with Crippen molar-refractivity contribution in [3.05, 3.63) is 54.2 Å². The van der Waals surface area contributed by atoms with Gasteiger partial charge in [-0.2, -0.15) is 0 Å². The van der Waals surface area contributed by atoms with E-state index in [4.69, 9.17) is 9.47 Å². The van der Waals surface area contributed by atoms with Crippen LogP contribution in [-0.2, 0) is 11.2 Å². The highest BCUT2D eigenvalue weighted by molar-refractivity contribution is 5.97. The number of aryl methyl sites for hydroxylation is 1. The minimum atomic E-state index is -0.586. The van der Waals surface area contributed by atoms with Crippen molar-refractivity contribution >= 4 is 29.0 Å². The quantitative estimate of drug-likeness (QED) is 0.693. The molecule has 36 heavy (non-hydrogen) atoms. The number of likely N-dealkylation sites (N-methyl/N-ethyl adjacent to an activating group) is 2. The molecule has 9 heteroatoms. The number of benzene rings is 2. The van der Waals surface area contributed by atoms with Crippen LogP contribution in [0.2, 0.25) is 0 Å². The van der Waals surface area contributed by atoms with Crippen LogP contribution >= 0.6 is 0 Å². The average Bonchev–Trinajstić information content (AvgIpc) is 2.90. The molecule has 1 atom stereocenters. The number of fused-ring (bicyclic) bond motifs is 1. The smallest absolute Gasteiger partial charge is 0.328 e. The molecule has 0 spiro atoms. The van der Waals surface area contributed by atoms with Crippen molar-refractivity contribution in [2.45, 2.75) is 18.9 Å². The van der Waals surface area contributed by atoms with Crippen molar-refractivity contribution in [1.82, 2.24) is 9.80 Å². The Kier molecular flexibility index (Phi) is 6.73. The summed E-state index contributed by atoms with van der Waals surface area (Å²) in [6.07, 6.45) is 4.45. The second-order valence-corrected chi connectivity index (χ2v) is 9.52. The number of carbonyl (C=O) groups excluding carboxylic acids is 2. The van der Waals surface area contributed by atoms with E-state index in [1.54, 1.807) is 42.3 Å². The zero-order valence-electron chi connectivity index (χ0n) is 21.1. The first-order valence-electron chi connectivity index (χ1n) is 12.4. The molecule has 9 nitrogen and oxygen atoms in total. The maximum Gasteiger partial charge on any atom is 0.328 e. The van der Waals surface area contributed by atoms with Gasteiger partial charge in [-0.1, -0.05) is 0 Å². The van der Waals surface area contributed by atoms with Crippen molar-refractivity contribution in [1.29, 1.82) is 0 Å². The molecule has 3 aliphatic heterocycles. The molecule has 2 aromatic rings. The number of rotatable bonds is 5. The van der Waals surface area contributed by atoms with Crippen molar-refractivity contribution in [3.8, 4) is 11.5 Å². The molecule has 0 saturated carbocycles. The summed E-state index contributed by atoms with van der Waals surface area (Å²) in [5.74, 6) is 1.41. The van der Waals surface area contributed by atoms with Crippen LogP contribution in [0.15, 0.2) is 48.7 Å². The maximum atomic E-state index is 13.1. The van der Waals surface area contributed by atoms with E-state index in [2.05, 4.69) is 22.2 Å². The third kappa shape index (κ3) is 4.83. The number of carbonyl (C=O) groups is 2. The van der Waals surface area contributed by atoms with Crippen LogP contribution in [0.1, 0.15) is 12.0 Å². The molecule has 3 amide bonds. The largest absolute Gasteiger partial charge is 0.497 e. The second-order valence-electron chi connectivity index (χ2n) is 9.52. The fourth-order valence-electron chi connectivity index (χ4n) is 4.80. The van der Waals surface area contributed by atoms with E-state index in [1.165, 1.54) is 0 Å². The van der Waals surface area contributed by atoms with Gasteiger partial charge in [-0.05, 0) is 56.3 Å². The van der Waals surface area contributed by atoms with Crippen molar-refractivity contribution < 1.29 is 19.1 Å². The highest BCUT2D eigenvalue weighted by Gasteiger charge is 2.31. The number of amides is 3. The zero-order chi connectivity index (χ0) is 25.2. The van der Waals surface area contributed by atoms with Gasteiger partial charge >= 0.3 is 6.03 Å². The van der Waals surface area contributed by atoms with Crippen LogP contribution in [0.25, 0.3) is 0 Å². The van der Waals surface area contributed by atoms with E-state index < -0.39 is 6.10 Å². The van der Waals surface area contributed by atoms with Crippen LogP contribution in [0.4, 0.5) is 21.9 Å². The van der Waals surface area contributed by atoms with E-state index in [0.29, 0.717) is 18.7 Å². The number of methoxy groups -OCH3 is 1. The Morgan fingerprint density at radius 1 is 1.08 bits per heavy atom. The summed E-state index contributed by atoms with van der Waals surface area (Å²) in [7, 11) is 5.57. The predicted octanol–water partition coefficient (Wildman–Crippen LogP) is 3.16. The fraction of sp³-hybridized carbons (Fsp3) is 0.407.